The smallest absolute Gasteiger partial charge is 0.337 e. The monoisotopic (exact) mass is 489 g/mol. The Kier molecular flexibility index (Phi) is 7.80. The minimum atomic E-state index is -0.489. The average Bonchev–Trinajstić information content (AvgIpc) is 2.78. The Morgan fingerprint density at radius 1 is 1.25 bits per heavy atom. The highest BCUT2D eigenvalue weighted by Crippen LogP contribution is 2.36. The molecule has 0 spiro atoms. The predicted octanol–water partition coefficient (Wildman–Crippen LogP) is 4.49. The third-order valence-electron chi connectivity index (χ3n) is 4.64. The second kappa shape index (κ2) is 10.6. The molecule has 0 saturated heterocycles. The molecule has 3 rings (SSSR count). The molecule has 0 saturated carbocycles. The molecule has 0 bridgehead atoms. The fourth-order valence-corrected chi connectivity index (χ4v) is 4.43. The van der Waals surface area contributed by atoms with E-state index in [1.165, 1.54) is 13.2 Å². The average molecular weight is 490 g/mol. The fourth-order valence-electron chi connectivity index (χ4n) is 3.10. The number of nitriles is 1. The van der Waals surface area contributed by atoms with Crippen LogP contribution in [0.5, 0.6) is 0 Å². The third-order valence-corrected chi connectivity index (χ3v) is 6.21. The SMILES string of the molecule is COC(=O)c1ccc([C@H]2CC(=O)NC(SCC(=O)Nc3ccc(Cl)cc3Cl)=C2C#N)cc1. The van der Waals surface area contributed by atoms with Gasteiger partial charge in [-0.1, -0.05) is 47.1 Å². The molecule has 0 aromatic heterocycles. The van der Waals surface area contributed by atoms with E-state index in [4.69, 9.17) is 23.2 Å². The lowest BCUT2D eigenvalue weighted by molar-refractivity contribution is -0.121. The number of hydrogen-bond acceptors (Lipinski definition) is 6. The third kappa shape index (κ3) is 5.62. The zero-order valence-electron chi connectivity index (χ0n) is 16.8. The van der Waals surface area contributed by atoms with Crippen LogP contribution in [0, 0.1) is 11.3 Å². The van der Waals surface area contributed by atoms with Gasteiger partial charge in [-0.2, -0.15) is 5.26 Å². The molecule has 2 aromatic carbocycles. The maximum atomic E-state index is 12.4. The maximum absolute atomic E-state index is 12.4. The highest BCUT2D eigenvalue weighted by Gasteiger charge is 2.30. The number of amides is 2. The fraction of sp³-hybridized carbons (Fsp3) is 0.182. The van der Waals surface area contributed by atoms with Gasteiger partial charge in [0.05, 0.1) is 45.8 Å². The van der Waals surface area contributed by atoms with Gasteiger partial charge in [-0.25, -0.2) is 4.79 Å². The summed E-state index contributed by atoms with van der Waals surface area (Å²) >= 11 is 13.0. The normalized spacial score (nSPS) is 15.6. The van der Waals surface area contributed by atoms with Crippen molar-refractivity contribution < 1.29 is 19.1 Å². The van der Waals surface area contributed by atoms with E-state index in [0.29, 0.717) is 37.5 Å². The van der Waals surface area contributed by atoms with Crippen LogP contribution in [0.15, 0.2) is 53.1 Å². The van der Waals surface area contributed by atoms with Crippen molar-refractivity contribution >= 4 is 58.4 Å². The maximum Gasteiger partial charge on any atom is 0.337 e. The topological polar surface area (TPSA) is 108 Å². The molecule has 10 heteroatoms. The molecule has 1 aliphatic rings. The number of carbonyl (C=O) groups excluding carboxylic acids is 3. The summed E-state index contributed by atoms with van der Waals surface area (Å²) in [6, 6.07) is 13.4. The number of thioether (sulfide) groups is 1. The Bertz CT molecular complexity index is 1140. The number of methoxy groups -OCH3 is 1. The van der Waals surface area contributed by atoms with Gasteiger partial charge in [-0.3, -0.25) is 9.59 Å². The van der Waals surface area contributed by atoms with Crippen molar-refractivity contribution in [2.24, 2.45) is 0 Å². The van der Waals surface area contributed by atoms with E-state index in [-0.39, 0.29) is 24.0 Å². The molecule has 1 atom stereocenters. The van der Waals surface area contributed by atoms with E-state index in [1.807, 2.05) is 0 Å². The van der Waals surface area contributed by atoms with Gasteiger partial charge in [0.25, 0.3) is 0 Å². The molecule has 164 valence electrons. The van der Waals surface area contributed by atoms with Crippen LogP contribution in [-0.2, 0) is 14.3 Å². The number of esters is 1. The number of anilines is 1. The van der Waals surface area contributed by atoms with Crippen LogP contribution in [0.3, 0.4) is 0 Å². The first-order chi connectivity index (χ1) is 15.3. The van der Waals surface area contributed by atoms with E-state index >= 15 is 0 Å². The number of nitrogens with zero attached hydrogens (tertiary/aromatic N) is 1. The number of allylic oxidation sites excluding steroid dienone is 1. The molecule has 0 unspecified atom stereocenters. The highest BCUT2D eigenvalue weighted by molar-refractivity contribution is 8.03. The lowest BCUT2D eigenvalue weighted by Crippen LogP contribution is -2.31. The molecule has 2 N–H and O–H groups in total. The Morgan fingerprint density at radius 2 is 1.97 bits per heavy atom. The lowest BCUT2D eigenvalue weighted by atomic mass is 9.87. The van der Waals surface area contributed by atoms with Crippen LogP contribution >= 0.6 is 35.0 Å². The standard InChI is InChI=1S/C22H17Cl2N3O4S/c1-31-22(30)13-4-2-12(3-5-13)15-9-19(28)27-21(16(15)10-25)32-11-20(29)26-18-7-6-14(23)8-17(18)24/h2-8,15H,9,11H2,1H3,(H,26,29)(H,27,28)/t15-/m1/s1. The van der Waals surface area contributed by atoms with E-state index in [0.717, 1.165) is 11.8 Å². The summed E-state index contributed by atoms with van der Waals surface area (Å²) in [5.41, 5.74) is 1.83. The molecular formula is C22H17Cl2N3O4S. The van der Waals surface area contributed by atoms with Crippen LogP contribution in [0.1, 0.15) is 28.3 Å². The van der Waals surface area contributed by atoms with Crippen LogP contribution in [-0.4, -0.2) is 30.6 Å². The van der Waals surface area contributed by atoms with E-state index in [1.54, 1.807) is 36.4 Å². The Balaban J connectivity index is 1.76. The van der Waals surface area contributed by atoms with Crippen molar-refractivity contribution in [1.29, 1.82) is 5.26 Å². The van der Waals surface area contributed by atoms with Crippen LogP contribution < -0.4 is 10.6 Å². The second-order valence-electron chi connectivity index (χ2n) is 6.73. The largest absolute Gasteiger partial charge is 0.465 e. The van der Waals surface area contributed by atoms with Gasteiger partial charge in [-0.05, 0) is 35.9 Å². The molecule has 1 heterocycles. The number of rotatable bonds is 6. The number of benzene rings is 2. The molecule has 32 heavy (non-hydrogen) atoms. The van der Waals surface area contributed by atoms with Gasteiger partial charge >= 0.3 is 5.97 Å². The Labute approximate surface area is 198 Å². The van der Waals surface area contributed by atoms with Crippen molar-refractivity contribution in [2.75, 3.05) is 18.2 Å². The number of ether oxygens (including phenoxy) is 1. The quantitative estimate of drug-likeness (QED) is 0.578. The molecule has 0 fully saturated rings. The van der Waals surface area contributed by atoms with E-state index < -0.39 is 11.9 Å². The Morgan fingerprint density at radius 3 is 2.59 bits per heavy atom. The summed E-state index contributed by atoms with van der Waals surface area (Å²) < 4.78 is 4.69. The van der Waals surface area contributed by atoms with Crippen LogP contribution in [0.25, 0.3) is 0 Å². The Hall–Kier alpha value is -2.99. The van der Waals surface area contributed by atoms with Crippen molar-refractivity contribution in [1.82, 2.24) is 5.32 Å². The number of halogens is 2. The predicted molar refractivity (Wildman–Crippen MR) is 123 cm³/mol. The zero-order chi connectivity index (χ0) is 23.3. The molecule has 0 radical (unpaired) electrons. The summed E-state index contributed by atoms with van der Waals surface area (Å²) in [6.45, 7) is 0. The second-order valence-corrected chi connectivity index (χ2v) is 8.56. The van der Waals surface area contributed by atoms with E-state index in [9.17, 15) is 19.6 Å². The zero-order valence-corrected chi connectivity index (χ0v) is 19.1. The molecule has 7 nitrogen and oxygen atoms in total. The number of nitrogens with one attached hydrogen (secondary N) is 2. The molecular weight excluding hydrogens is 473 g/mol. The summed E-state index contributed by atoms with van der Waals surface area (Å²) in [6.07, 6.45) is 0.0805. The first kappa shape index (κ1) is 23.7. The first-order valence-electron chi connectivity index (χ1n) is 9.32. The number of hydrogen-bond donors (Lipinski definition) is 2. The molecule has 1 aliphatic heterocycles. The van der Waals surface area contributed by atoms with Crippen molar-refractivity contribution in [3.05, 3.63) is 74.2 Å². The van der Waals surface area contributed by atoms with Crippen molar-refractivity contribution in [2.45, 2.75) is 12.3 Å². The van der Waals surface area contributed by atoms with Gasteiger partial charge in [0, 0.05) is 17.4 Å². The van der Waals surface area contributed by atoms with Crippen molar-refractivity contribution in [3.63, 3.8) is 0 Å². The minimum Gasteiger partial charge on any atom is -0.465 e. The summed E-state index contributed by atoms with van der Waals surface area (Å²) in [5.74, 6) is -1.64. The van der Waals surface area contributed by atoms with Crippen LogP contribution in [0.2, 0.25) is 10.0 Å². The van der Waals surface area contributed by atoms with Gasteiger partial charge in [0.15, 0.2) is 0 Å². The number of carbonyl (C=O) groups is 3. The van der Waals surface area contributed by atoms with Gasteiger partial charge in [0.1, 0.15) is 0 Å². The molecule has 0 aliphatic carbocycles. The van der Waals surface area contributed by atoms with Gasteiger partial charge in [-0.15, -0.1) is 0 Å². The van der Waals surface area contributed by atoms with Crippen LogP contribution in [0.4, 0.5) is 5.69 Å². The molecule has 2 aromatic rings. The lowest BCUT2D eigenvalue weighted by Gasteiger charge is -2.25. The van der Waals surface area contributed by atoms with Crippen molar-refractivity contribution in [3.8, 4) is 6.07 Å². The summed E-state index contributed by atoms with van der Waals surface area (Å²) in [4.78, 5) is 36.3. The minimum absolute atomic E-state index is 0.0479. The summed E-state index contributed by atoms with van der Waals surface area (Å²) in [5, 5.41) is 16.2. The highest BCUT2D eigenvalue weighted by atomic mass is 35.5. The van der Waals surface area contributed by atoms with Gasteiger partial charge in [0.2, 0.25) is 11.8 Å². The molecule has 2 amide bonds. The van der Waals surface area contributed by atoms with Gasteiger partial charge < -0.3 is 15.4 Å². The summed E-state index contributed by atoms with van der Waals surface area (Å²) in [7, 11) is 1.29. The first-order valence-corrected chi connectivity index (χ1v) is 11.1. The van der Waals surface area contributed by atoms with E-state index in [2.05, 4.69) is 21.4 Å².